The average Bonchev–Trinajstić information content (AvgIpc) is 2.98. The summed E-state index contributed by atoms with van der Waals surface area (Å²) in [5.74, 6) is 1.42. The van der Waals surface area contributed by atoms with Crippen LogP contribution in [0.3, 0.4) is 0 Å². The van der Waals surface area contributed by atoms with Gasteiger partial charge in [-0.05, 0) is 36.0 Å². The standard InChI is InChI=1S/C22H28ClN/c1-17(2)7-8-19(18-9-11-22(23)12-10-18)13-14-24-15-20-5-3-4-6-21(20)16-24/h3-6,9-12,17,19H,7-8,13-16H2,1-2H3/p+1/t19-/m1/s1. The second-order valence-electron chi connectivity index (χ2n) is 7.63. The summed E-state index contributed by atoms with van der Waals surface area (Å²) < 4.78 is 0. The van der Waals surface area contributed by atoms with Crippen LogP contribution in [0, 0.1) is 5.92 Å². The lowest BCUT2D eigenvalue weighted by Crippen LogP contribution is -3.07. The zero-order chi connectivity index (χ0) is 16.9. The van der Waals surface area contributed by atoms with E-state index in [9.17, 15) is 0 Å². The minimum Gasteiger partial charge on any atom is -0.327 e. The van der Waals surface area contributed by atoms with Crippen molar-refractivity contribution in [3.63, 3.8) is 0 Å². The summed E-state index contributed by atoms with van der Waals surface area (Å²) >= 11 is 6.07. The van der Waals surface area contributed by atoms with Crippen LogP contribution in [0.4, 0.5) is 0 Å². The van der Waals surface area contributed by atoms with E-state index in [-0.39, 0.29) is 0 Å². The van der Waals surface area contributed by atoms with Gasteiger partial charge in [0.05, 0.1) is 6.54 Å². The highest BCUT2D eigenvalue weighted by molar-refractivity contribution is 6.30. The molecular weight excluding hydrogens is 314 g/mol. The van der Waals surface area contributed by atoms with Crippen molar-refractivity contribution in [3.05, 3.63) is 70.2 Å². The summed E-state index contributed by atoms with van der Waals surface area (Å²) in [5.41, 5.74) is 4.53. The Hall–Kier alpha value is -1.31. The van der Waals surface area contributed by atoms with Crippen LogP contribution in [0.15, 0.2) is 48.5 Å². The van der Waals surface area contributed by atoms with Crippen LogP contribution in [-0.4, -0.2) is 6.54 Å². The third-order valence-corrected chi connectivity index (χ3v) is 5.53. The first-order valence-corrected chi connectivity index (χ1v) is 9.65. The van der Waals surface area contributed by atoms with E-state index in [0.717, 1.165) is 10.9 Å². The molecule has 1 aliphatic heterocycles. The molecule has 0 bridgehead atoms. The highest BCUT2D eigenvalue weighted by Gasteiger charge is 2.23. The molecule has 3 rings (SSSR count). The van der Waals surface area contributed by atoms with Gasteiger partial charge in [0, 0.05) is 22.6 Å². The summed E-state index contributed by atoms with van der Waals surface area (Å²) in [4.78, 5) is 1.71. The molecule has 1 N–H and O–H groups in total. The van der Waals surface area contributed by atoms with Gasteiger partial charge in [0.15, 0.2) is 0 Å². The van der Waals surface area contributed by atoms with Crippen molar-refractivity contribution in [1.29, 1.82) is 0 Å². The van der Waals surface area contributed by atoms with Crippen LogP contribution in [-0.2, 0) is 13.1 Å². The first-order chi connectivity index (χ1) is 11.6. The van der Waals surface area contributed by atoms with E-state index in [0.29, 0.717) is 5.92 Å². The quantitative estimate of drug-likeness (QED) is 0.733. The van der Waals surface area contributed by atoms with Crippen molar-refractivity contribution >= 4 is 11.6 Å². The molecule has 2 aromatic carbocycles. The van der Waals surface area contributed by atoms with Gasteiger partial charge in [-0.15, -0.1) is 0 Å². The maximum Gasteiger partial charge on any atom is 0.104 e. The fourth-order valence-electron chi connectivity index (χ4n) is 3.81. The number of halogens is 1. The molecule has 1 heterocycles. The van der Waals surface area contributed by atoms with Gasteiger partial charge in [0.25, 0.3) is 0 Å². The minimum atomic E-state index is 0.654. The van der Waals surface area contributed by atoms with Gasteiger partial charge in [-0.3, -0.25) is 0 Å². The molecule has 0 aliphatic carbocycles. The normalized spacial score (nSPS) is 15.7. The Balaban J connectivity index is 1.61. The lowest BCUT2D eigenvalue weighted by Gasteiger charge is -2.21. The van der Waals surface area contributed by atoms with Crippen LogP contribution < -0.4 is 4.90 Å². The number of hydrogen-bond donors (Lipinski definition) is 1. The molecule has 2 aromatic rings. The average molecular weight is 343 g/mol. The monoisotopic (exact) mass is 342 g/mol. The number of fused-ring (bicyclic) bond motifs is 1. The minimum absolute atomic E-state index is 0.654. The molecule has 24 heavy (non-hydrogen) atoms. The number of nitrogens with one attached hydrogen (secondary N) is 1. The molecule has 1 atom stereocenters. The molecule has 0 spiro atoms. The van der Waals surface area contributed by atoms with E-state index in [2.05, 4.69) is 50.2 Å². The predicted molar refractivity (Wildman–Crippen MR) is 103 cm³/mol. The first kappa shape index (κ1) is 17.5. The van der Waals surface area contributed by atoms with Crippen molar-refractivity contribution in [1.82, 2.24) is 0 Å². The molecule has 0 saturated heterocycles. The molecule has 2 heteroatoms. The van der Waals surface area contributed by atoms with E-state index < -0.39 is 0 Å². The van der Waals surface area contributed by atoms with Gasteiger partial charge in [-0.25, -0.2) is 0 Å². The van der Waals surface area contributed by atoms with E-state index in [1.807, 2.05) is 12.1 Å². The van der Waals surface area contributed by atoms with Gasteiger partial charge < -0.3 is 4.90 Å². The Labute approximate surface area is 151 Å². The number of rotatable bonds is 7. The number of quaternary nitrogens is 1. The van der Waals surface area contributed by atoms with Gasteiger partial charge in [-0.1, -0.05) is 68.3 Å². The van der Waals surface area contributed by atoms with Crippen molar-refractivity contribution in [3.8, 4) is 0 Å². The van der Waals surface area contributed by atoms with E-state index >= 15 is 0 Å². The lowest BCUT2D eigenvalue weighted by molar-refractivity contribution is -0.921. The molecule has 128 valence electrons. The fourth-order valence-corrected chi connectivity index (χ4v) is 3.93. The summed E-state index contributed by atoms with van der Waals surface area (Å²) in [6.45, 7) is 8.27. The number of benzene rings is 2. The van der Waals surface area contributed by atoms with Crippen molar-refractivity contribution in [2.24, 2.45) is 5.92 Å². The largest absolute Gasteiger partial charge is 0.327 e. The Kier molecular flexibility index (Phi) is 5.97. The van der Waals surface area contributed by atoms with Gasteiger partial charge >= 0.3 is 0 Å². The van der Waals surface area contributed by atoms with Gasteiger partial charge in [-0.2, -0.15) is 0 Å². The second-order valence-corrected chi connectivity index (χ2v) is 8.07. The SMILES string of the molecule is CC(C)CC[C@H](CC[NH+]1Cc2ccccc2C1)c1ccc(Cl)cc1. The Morgan fingerprint density at radius 1 is 0.875 bits per heavy atom. The van der Waals surface area contributed by atoms with E-state index in [1.54, 1.807) is 4.90 Å². The molecule has 0 aromatic heterocycles. The van der Waals surface area contributed by atoms with Crippen LogP contribution >= 0.6 is 11.6 Å². The summed E-state index contributed by atoms with van der Waals surface area (Å²) in [7, 11) is 0. The number of hydrogen-bond acceptors (Lipinski definition) is 0. The fraction of sp³-hybridized carbons (Fsp3) is 0.455. The molecule has 0 unspecified atom stereocenters. The van der Waals surface area contributed by atoms with E-state index in [4.69, 9.17) is 11.6 Å². The third-order valence-electron chi connectivity index (χ3n) is 5.28. The summed E-state index contributed by atoms with van der Waals surface area (Å²) in [6.07, 6.45) is 3.83. The molecule has 0 fully saturated rings. The van der Waals surface area contributed by atoms with Gasteiger partial charge in [0.1, 0.15) is 13.1 Å². The Morgan fingerprint density at radius 3 is 2.08 bits per heavy atom. The third kappa shape index (κ3) is 4.62. The molecular formula is C22H29ClN+. The molecule has 0 saturated carbocycles. The zero-order valence-electron chi connectivity index (χ0n) is 14.9. The Bertz CT molecular complexity index is 622. The van der Waals surface area contributed by atoms with Crippen molar-refractivity contribution in [2.75, 3.05) is 6.54 Å². The van der Waals surface area contributed by atoms with Crippen molar-refractivity contribution in [2.45, 2.75) is 52.1 Å². The smallest absolute Gasteiger partial charge is 0.104 e. The maximum absolute atomic E-state index is 6.07. The second kappa shape index (κ2) is 8.18. The molecule has 0 amide bonds. The van der Waals surface area contributed by atoms with Crippen LogP contribution in [0.5, 0.6) is 0 Å². The van der Waals surface area contributed by atoms with Crippen LogP contribution in [0.25, 0.3) is 0 Å². The molecule has 0 radical (unpaired) electrons. The first-order valence-electron chi connectivity index (χ1n) is 9.27. The molecule has 1 nitrogen and oxygen atoms in total. The topological polar surface area (TPSA) is 4.44 Å². The highest BCUT2D eigenvalue weighted by Crippen LogP contribution is 2.27. The lowest BCUT2D eigenvalue weighted by atomic mass is 9.88. The highest BCUT2D eigenvalue weighted by atomic mass is 35.5. The van der Waals surface area contributed by atoms with Crippen LogP contribution in [0.1, 0.15) is 55.7 Å². The maximum atomic E-state index is 6.07. The molecule has 1 aliphatic rings. The van der Waals surface area contributed by atoms with E-state index in [1.165, 1.54) is 55.6 Å². The Morgan fingerprint density at radius 2 is 1.50 bits per heavy atom. The van der Waals surface area contributed by atoms with Crippen molar-refractivity contribution < 1.29 is 4.90 Å². The summed E-state index contributed by atoms with van der Waals surface area (Å²) in [5, 5.41) is 0.835. The zero-order valence-corrected chi connectivity index (χ0v) is 15.7. The predicted octanol–water partition coefficient (Wildman–Crippen LogP) is 4.85. The summed E-state index contributed by atoms with van der Waals surface area (Å²) in [6, 6.07) is 17.4. The van der Waals surface area contributed by atoms with Crippen LogP contribution in [0.2, 0.25) is 5.02 Å². The van der Waals surface area contributed by atoms with Gasteiger partial charge in [0.2, 0.25) is 0 Å².